The number of pyridine rings is 1. The predicted octanol–water partition coefficient (Wildman–Crippen LogP) is 2.44. The van der Waals surface area contributed by atoms with Crippen LogP contribution < -0.4 is 10.6 Å². The molecule has 0 aromatic carbocycles. The molecule has 1 fully saturated rings. The molecule has 2 heterocycles. The Balaban J connectivity index is 2.24. The number of halogens is 2. The summed E-state index contributed by atoms with van der Waals surface area (Å²) in [6, 6.07) is 1.44. The van der Waals surface area contributed by atoms with Gasteiger partial charge in [-0.05, 0) is 17.9 Å². The molecule has 0 spiro atoms. The van der Waals surface area contributed by atoms with Crippen LogP contribution in [0.3, 0.4) is 0 Å². The van der Waals surface area contributed by atoms with Crippen molar-refractivity contribution in [2.24, 2.45) is 11.1 Å². The number of rotatable bonds is 1. The number of hydrogen-bond donors (Lipinski definition) is 1. The highest BCUT2D eigenvalue weighted by molar-refractivity contribution is 6.30. The van der Waals surface area contributed by atoms with Crippen LogP contribution in [0.5, 0.6) is 0 Å². The van der Waals surface area contributed by atoms with Crippen LogP contribution in [0, 0.1) is 11.2 Å². The van der Waals surface area contributed by atoms with Crippen molar-refractivity contribution in [2.75, 3.05) is 18.0 Å². The molecule has 1 aromatic rings. The van der Waals surface area contributed by atoms with E-state index in [1.165, 1.54) is 12.3 Å². The monoisotopic (exact) mass is 257 g/mol. The minimum absolute atomic E-state index is 0.0357. The second-order valence-electron chi connectivity index (χ2n) is 5.26. The summed E-state index contributed by atoms with van der Waals surface area (Å²) in [5, 5.41) is 0.319. The molecule has 17 heavy (non-hydrogen) atoms. The SMILES string of the molecule is CC1(C)CN(c2ncc(Cl)cc2F)CCC1N. The van der Waals surface area contributed by atoms with Gasteiger partial charge in [-0.1, -0.05) is 25.4 Å². The first-order valence-electron chi connectivity index (χ1n) is 5.72. The lowest BCUT2D eigenvalue weighted by Crippen LogP contribution is -2.52. The molecule has 1 unspecified atom stereocenters. The Labute approximate surface area is 106 Å². The van der Waals surface area contributed by atoms with Crippen LogP contribution in [0.15, 0.2) is 12.3 Å². The van der Waals surface area contributed by atoms with Gasteiger partial charge in [-0.2, -0.15) is 0 Å². The molecule has 1 aromatic heterocycles. The fourth-order valence-electron chi connectivity index (χ4n) is 2.19. The molecular formula is C12H17ClFN3. The molecule has 0 amide bonds. The summed E-state index contributed by atoms with van der Waals surface area (Å²) in [4.78, 5) is 6.01. The summed E-state index contributed by atoms with van der Waals surface area (Å²) in [6.07, 6.45) is 2.32. The number of anilines is 1. The second kappa shape index (κ2) is 4.42. The van der Waals surface area contributed by atoms with Gasteiger partial charge in [0.1, 0.15) is 0 Å². The second-order valence-corrected chi connectivity index (χ2v) is 5.70. The lowest BCUT2D eigenvalue weighted by Gasteiger charge is -2.43. The highest BCUT2D eigenvalue weighted by Crippen LogP contribution is 2.31. The molecule has 1 aliphatic heterocycles. The van der Waals surface area contributed by atoms with Crippen LogP contribution in [0.2, 0.25) is 5.02 Å². The van der Waals surface area contributed by atoms with Crippen LogP contribution in [-0.2, 0) is 0 Å². The predicted molar refractivity (Wildman–Crippen MR) is 67.8 cm³/mol. The standard InChI is InChI=1S/C12H17ClFN3/c1-12(2)7-17(4-3-10(12)15)11-9(14)5-8(13)6-16-11/h5-6,10H,3-4,7,15H2,1-2H3. The maximum absolute atomic E-state index is 13.8. The molecule has 94 valence electrons. The number of aromatic nitrogens is 1. The van der Waals surface area contributed by atoms with Crippen molar-refractivity contribution in [3.05, 3.63) is 23.1 Å². The number of nitrogens with zero attached hydrogens (tertiary/aromatic N) is 2. The Morgan fingerprint density at radius 2 is 2.29 bits per heavy atom. The van der Waals surface area contributed by atoms with E-state index in [9.17, 15) is 4.39 Å². The zero-order valence-corrected chi connectivity index (χ0v) is 10.8. The Hall–Kier alpha value is -0.870. The number of piperidine rings is 1. The highest BCUT2D eigenvalue weighted by Gasteiger charge is 2.34. The lowest BCUT2D eigenvalue weighted by molar-refractivity contribution is 0.243. The van der Waals surface area contributed by atoms with E-state index in [1.807, 2.05) is 4.90 Å². The zero-order chi connectivity index (χ0) is 12.6. The van der Waals surface area contributed by atoms with Gasteiger partial charge in [0.15, 0.2) is 11.6 Å². The maximum Gasteiger partial charge on any atom is 0.167 e. The topological polar surface area (TPSA) is 42.2 Å². The Bertz CT molecular complexity index is 422. The van der Waals surface area contributed by atoms with E-state index < -0.39 is 0 Å². The quantitative estimate of drug-likeness (QED) is 0.840. The van der Waals surface area contributed by atoms with E-state index >= 15 is 0 Å². The van der Waals surface area contributed by atoms with Gasteiger partial charge in [0, 0.05) is 25.3 Å². The van der Waals surface area contributed by atoms with E-state index in [4.69, 9.17) is 17.3 Å². The van der Waals surface area contributed by atoms with Gasteiger partial charge in [-0.25, -0.2) is 9.37 Å². The minimum Gasteiger partial charge on any atom is -0.354 e. The molecule has 0 aliphatic carbocycles. The largest absolute Gasteiger partial charge is 0.354 e. The fraction of sp³-hybridized carbons (Fsp3) is 0.583. The first kappa shape index (κ1) is 12.6. The number of nitrogens with two attached hydrogens (primary N) is 1. The van der Waals surface area contributed by atoms with Crippen LogP contribution in [0.1, 0.15) is 20.3 Å². The fourth-order valence-corrected chi connectivity index (χ4v) is 2.34. The van der Waals surface area contributed by atoms with Gasteiger partial charge in [0.05, 0.1) is 5.02 Å². The Morgan fingerprint density at radius 3 is 2.88 bits per heavy atom. The summed E-state index contributed by atoms with van der Waals surface area (Å²) in [6.45, 7) is 5.63. The summed E-state index contributed by atoms with van der Waals surface area (Å²) in [5.41, 5.74) is 6.02. The van der Waals surface area contributed by atoms with Gasteiger partial charge in [-0.3, -0.25) is 0 Å². The van der Waals surface area contributed by atoms with Crippen molar-refractivity contribution in [1.29, 1.82) is 0 Å². The summed E-state index contributed by atoms with van der Waals surface area (Å²) >= 11 is 5.69. The highest BCUT2D eigenvalue weighted by atomic mass is 35.5. The lowest BCUT2D eigenvalue weighted by atomic mass is 9.80. The summed E-state index contributed by atoms with van der Waals surface area (Å²) < 4.78 is 13.8. The molecule has 1 saturated heterocycles. The van der Waals surface area contributed by atoms with E-state index in [1.54, 1.807) is 0 Å². The molecule has 0 radical (unpaired) electrons. The molecule has 3 nitrogen and oxygen atoms in total. The van der Waals surface area contributed by atoms with Gasteiger partial charge in [0.2, 0.25) is 0 Å². The first-order chi connectivity index (χ1) is 7.90. The molecule has 2 N–H and O–H groups in total. The van der Waals surface area contributed by atoms with Crippen molar-refractivity contribution in [2.45, 2.75) is 26.3 Å². The Morgan fingerprint density at radius 1 is 1.59 bits per heavy atom. The third kappa shape index (κ3) is 2.53. The average Bonchev–Trinajstić information content (AvgIpc) is 2.22. The summed E-state index contributed by atoms with van der Waals surface area (Å²) in [5.74, 6) is -0.00172. The Kier molecular flexibility index (Phi) is 3.27. The van der Waals surface area contributed by atoms with Crippen LogP contribution in [0.4, 0.5) is 10.2 Å². The van der Waals surface area contributed by atoms with Crippen molar-refractivity contribution in [1.82, 2.24) is 4.98 Å². The molecule has 2 rings (SSSR count). The zero-order valence-electron chi connectivity index (χ0n) is 10.1. The van der Waals surface area contributed by atoms with Crippen molar-refractivity contribution in [3.63, 3.8) is 0 Å². The number of hydrogen-bond acceptors (Lipinski definition) is 3. The normalized spacial score (nSPS) is 23.8. The van der Waals surface area contributed by atoms with Crippen molar-refractivity contribution in [3.8, 4) is 0 Å². The average molecular weight is 258 g/mol. The van der Waals surface area contributed by atoms with Gasteiger partial charge in [0.25, 0.3) is 0 Å². The molecular weight excluding hydrogens is 241 g/mol. The van der Waals surface area contributed by atoms with Gasteiger partial charge >= 0.3 is 0 Å². The van der Waals surface area contributed by atoms with Gasteiger partial charge < -0.3 is 10.6 Å². The molecule has 1 atom stereocenters. The third-order valence-electron chi connectivity index (χ3n) is 3.40. The first-order valence-corrected chi connectivity index (χ1v) is 6.09. The van der Waals surface area contributed by atoms with Crippen molar-refractivity contribution < 1.29 is 4.39 Å². The molecule has 0 bridgehead atoms. The molecule has 5 heteroatoms. The molecule has 1 aliphatic rings. The van der Waals surface area contributed by atoms with E-state index in [-0.39, 0.29) is 17.3 Å². The van der Waals surface area contributed by atoms with E-state index in [0.29, 0.717) is 17.4 Å². The minimum atomic E-state index is -0.372. The third-order valence-corrected chi connectivity index (χ3v) is 3.61. The van der Waals surface area contributed by atoms with E-state index in [2.05, 4.69) is 18.8 Å². The van der Waals surface area contributed by atoms with Crippen molar-refractivity contribution >= 4 is 17.4 Å². The van der Waals surface area contributed by atoms with Crippen LogP contribution in [-0.4, -0.2) is 24.1 Å². The molecule has 0 saturated carbocycles. The smallest absolute Gasteiger partial charge is 0.167 e. The summed E-state index contributed by atoms with van der Waals surface area (Å²) in [7, 11) is 0. The van der Waals surface area contributed by atoms with E-state index in [0.717, 1.165) is 13.0 Å². The van der Waals surface area contributed by atoms with Gasteiger partial charge in [-0.15, -0.1) is 0 Å². The van der Waals surface area contributed by atoms with Crippen LogP contribution >= 0.6 is 11.6 Å². The van der Waals surface area contributed by atoms with Crippen LogP contribution in [0.25, 0.3) is 0 Å². The maximum atomic E-state index is 13.8.